The maximum absolute atomic E-state index is 11.6. The first kappa shape index (κ1) is 13.4. The van der Waals surface area contributed by atoms with Crippen LogP contribution in [0.1, 0.15) is 0 Å². The maximum Gasteiger partial charge on any atom is 0.233 e. The van der Waals surface area contributed by atoms with Gasteiger partial charge in [-0.2, -0.15) is 12.6 Å². The van der Waals surface area contributed by atoms with Gasteiger partial charge in [-0.05, 0) is 12.1 Å². The lowest BCUT2D eigenvalue weighted by Gasteiger charge is -2.23. The Morgan fingerprint density at radius 3 is 3.06 bits per heavy atom. The number of thioether (sulfide) groups is 1. The number of rotatable bonds is 4. The highest BCUT2D eigenvalue weighted by molar-refractivity contribution is 8.00. The molecule has 1 aliphatic heterocycles. The highest BCUT2D eigenvalue weighted by Gasteiger charge is 2.29. The number of benzene rings is 1. The number of amides is 1. The van der Waals surface area contributed by atoms with Gasteiger partial charge in [0, 0.05) is 12.3 Å². The fourth-order valence-corrected chi connectivity index (χ4v) is 3.10. The van der Waals surface area contributed by atoms with Crippen molar-refractivity contribution in [2.75, 3.05) is 24.7 Å². The quantitative estimate of drug-likeness (QED) is 0.825. The van der Waals surface area contributed by atoms with Gasteiger partial charge in [0.25, 0.3) is 0 Å². The van der Waals surface area contributed by atoms with Crippen LogP contribution >= 0.6 is 24.4 Å². The minimum Gasteiger partial charge on any atom is -0.504 e. The van der Waals surface area contributed by atoms with Gasteiger partial charge in [-0.1, -0.05) is 12.1 Å². The molecular weight excluding hydrogens is 270 g/mol. The molecule has 1 N–H and O–H groups in total. The molecule has 1 atom stereocenters. The summed E-state index contributed by atoms with van der Waals surface area (Å²) >= 11 is 5.69. The number of hydrogen-bond donors (Lipinski definition) is 2. The first-order valence-electron chi connectivity index (χ1n) is 5.65. The van der Waals surface area contributed by atoms with E-state index < -0.39 is 0 Å². The Labute approximate surface area is 116 Å². The Kier molecular flexibility index (Phi) is 4.66. The van der Waals surface area contributed by atoms with Gasteiger partial charge in [0.2, 0.25) is 5.91 Å². The van der Waals surface area contributed by atoms with Crippen LogP contribution < -0.4 is 4.74 Å². The third-order valence-corrected chi connectivity index (χ3v) is 4.16. The number of carbonyl (C=O) groups is 1. The first-order valence-corrected chi connectivity index (χ1v) is 7.33. The summed E-state index contributed by atoms with van der Waals surface area (Å²) in [5, 5.41) is 9.59. The molecule has 98 valence electrons. The zero-order chi connectivity index (χ0) is 13.0. The van der Waals surface area contributed by atoms with Crippen LogP contribution in [0.3, 0.4) is 0 Å². The van der Waals surface area contributed by atoms with E-state index in [1.165, 1.54) is 0 Å². The number of aromatic hydroxyl groups is 1. The van der Waals surface area contributed by atoms with E-state index in [1.807, 2.05) is 0 Å². The molecule has 6 heteroatoms. The molecular formula is C12H15NO3S2. The van der Waals surface area contributed by atoms with Gasteiger partial charge in [-0.15, -0.1) is 11.8 Å². The van der Waals surface area contributed by atoms with Gasteiger partial charge in [0.15, 0.2) is 11.5 Å². The fourth-order valence-electron chi connectivity index (χ4n) is 1.78. The first-order chi connectivity index (χ1) is 8.72. The molecule has 0 aliphatic carbocycles. The van der Waals surface area contributed by atoms with E-state index in [0.29, 0.717) is 12.4 Å². The number of para-hydroxylation sites is 2. The SMILES string of the molecule is O=C(CS)N1CCSC1COc1ccccc1O. The van der Waals surface area contributed by atoms with Gasteiger partial charge in [0.1, 0.15) is 12.0 Å². The van der Waals surface area contributed by atoms with Crippen molar-refractivity contribution in [2.24, 2.45) is 0 Å². The Bertz CT molecular complexity index is 428. The predicted octanol–water partition coefficient (Wildman–Crippen LogP) is 1.60. The summed E-state index contributed by atoms with van der Waals surface area (Å²) in [6, 6.07) is 6.82. The predicted molar refractivity (Wildman–Crippen MR) is 75.4 cm³/mol. The number of carbonyl (C=O) groups excluding carboxylic acids is 1. The summed E-state index contributed by atoms with van der Waals surface area (Å²) in [4.78, 5) is 13.4. The number of nitrogens with zero attached hydrogens (tertiary/aromatic N) is 1. The highest BCUT2D eigenvalue weighted by atomic mass is 32.2. The van der Waals surface area contributed by atoms with Crippen LogP contribution in [0.2, 0.25) is 0 Å². The minimum atomic E-state index is 0.00394. The third-order valence-electron chi connectivity index (χ3n) is 2.69. The number of phenols is 1. The number of thiol groups is 1. The van der Waals surface area contributed by atoms with E-state index in [0.717, 1.165) is 12.3 Å². The van der Waals surface area contributed by atoms with Gasteiger partial charge in [-0.25, -0.2) is 0 Å². The molecule has 1 unspecified atom stereocenters. The third kappa shape index (κ3) is 3.05. The molecule has 1 amide bonds. The molecule has 1 aliphatic rings. The normalized spacial score (nSPS) is 18.9. The summed E-state index contributed by atoms with van der Waals surface area (Å²) < 4.78 is 5.56. The van der Waals surface area contributed by atoms with Crippen LogP contribution in [0, 0.1) is 0 Å². The van der Waals surface area contributed by atoms with Crippen molar-refractivity contribution in [3.63, 3.8) is 0 Å². The monoisotopic (exact) mass is 285 g/mol. The minimum absolute atomic E-state index is 0.00394. The van der Waals surface area contributed by atoms with Crippen molar-refractivity contribution in [1.82, 2.24) is 4.90 Å². The summed E-state index contributed by atoms with van der Waals surface area (Å²) in [6.45, 7) is 1.11. The number of hydrogen-bond acceptors (Lipinski definition) is 5. The van der Waals surface area contributed by atoms with Crippen LogP contribution in [-0.2, 0) is 4.79 Å². The summed E-state index contributed by atoms with van der Waals surface area (Å²) in [6.07, 6.45) is 0. The van der Waals surface area contributed by atoms with Crippen LogP contribution in [-0.4, -0.2) is 45.9 Å². The number of phenolic OH excluding ortho intramolecular Hbond substituents is 1. The van der Waals surface area contributed by atoms with Crippen molar-refractivity contribution < 1.29 is 14.6 Å². The molecule has 1 fully saturated rings. The molecule has 0 radical (unpaired) electrons. The second-order valence-corrected chi connectivity index (χ2v) is 5.45. The van der Waals surface area contributed by atoms with Crippen LogP contribution in [0.5, 0.6) is 11.5 Å². The van der Waals surface area contributed by atoms with Crippen molar-refractivity contribution in [2.45, 2.75) is 5.37 Å². The van der Waals surface area contributed by atoms with Crippen molar-refractivity contribution in [3.8, 4) is 11.5 Å². The van der Waals surface area contributed by atoms with Crippen LogP contribution in [0.15, 0.2) is 24.3 Å². The van der Waals surface area contributed by atoms with Crippen molar-refractivity contribution >= 4 is 30.3 Å². The second-order valence-electron chi connectivity index (χ2n) is 3.85. The molecule has 0 bridgehead atoms. The Hall–Kier alpha value is -1.01. The molecule has 0 aromatic heterocycles. The topological polar surface area (TPSA) is 49.8 Å². The maximum atomic E-state index is 11.6. The zero-order valence-corrected chi connectivity index (χ0v) is 11.5. The molecule has 18 heavy (non-hydrogen) atoms. The smallest absolute Gasteiger partial charge is 0.233 e. The molecule has 1 aromatic rings. The van der Waals surface area contributed by atoms with Crippen molar-refractivity contribution in [1.29, 1.82) is 0 Å². The summed E-state index contributed by atoms with van der Waals surface area (Å²) in [5.41, 5.74) is 0. The van der Waals surface area contributed by atoms with E-state index in [9.17, 15) is 9.90 Å². The second kappa shape index (κ2) is 6.24. The van der Waals surface area contributed by atoms with Gasteiger partial charge in [-0.3, -0.25) is 4.79 Å². The average molecular weight is 285 g/mol. The Morgan fingerprint density at radius 2 is 2.33 bits per heavy atom. The van der Waals surface area contributed by atoms with Crippen LogP contribution in [0.4, 0.5) is 0 Å². The molecule has 0 saturated carbocycles. The molecule has 1 aromatic carbocycles. The molecule has 1 saturated heterocycles. The summed E-state index contributed by atoms with van der Waals surface area (Å²) in [7, 11) is 0. The number of ether oxygens (including phenoxy) is 1. The van der Waals surface area contributed by atoms with Gasteiger partial charge >= 0.3 is 0 Å². The lowest BCUT2D eigenvalue weighted by atomic mass is 10.3. The molecule has 2 rings (SSSR count). The van der Waals surface area contributed by atoms with E-state index in [1.54, 1.807) is 40.9 Å². The summed E-state index contributed by atoms with van der Waals surface area (Å²) in [5.74, 6) is 1.71. The fraction of sp³-hybridized carbons (Fsp3) is 0.417. The highest BCUT2D eigenvalue weighted by Crippen LogP contribution is 2.28. The molecule has 1 heterocycles. The average Bonchev–Trinajstić information content (AvgIpc) is 2.85. The molecule has 0 spiro atoms. The Morgan fingerprint density at radius 1 is 1.56 bits per heavy atom. The van der Waals surface area contributed by atoms with Gasteiger partial charge in [0.05, 0.1) is 5.75 Å². The lowest BCUT2D eigenvalue weighted by Crippen LogP contribution is -2.38. The zero-order valence-electron chi connectivity index (χ0n) is 9.78. The standard InChI is InChI=1S/C12H15NO3S2/c14-9-3-1-2-4-10(9)16-7-12-13(5-6-18-12)11(15)8-17/h1-4,12,14,17H,5-8H2. The van der Waals surface area contributed by atoms with E-state index >= 15 is 0 Å². The van der Waals surface area contributed by atoms with Crippen molar-refractivity contribution in [3.05, 3.63) is 24.3 Å². The van der Waals surface area contributed by atoms with Gasteiger partial charge < -0.3 is 14.7 Å². The van der Waals surface area contributed by atoms with E-state index in [4.69, 9.17) is 4.74 Å². The van der Waals surface area contributed by atoms with Crippen LogP contribution in [0.25, 0.3) is 0 Å². The Balaban J connectivity index is 1.94. The van der Waals surface area contributed by atoms with E-state index in [-0.39, 0.29) is 22.8 Å². The van der Waals surface area contributed by atoms with E-state index in [2.05, 4.69) is 12.6 Å². The lowest BCUT2D eigenvalue weighted by molar-refractivity contribution is -0.128. The molecule has 4 nitrogen and oxygen atoms in total. The largest absolute Gasteiger partial charge is 0.504 e.